The third kappa shape index (κ3) is 12.9. The molecule has 58 heavy (non-hydrogen) atoms. The Morgan fingerprint density at radius 3 is 2.28 bits per heavy atom. The Labute approximate surface area is 346 Å². The molecule has 1 fully saturated rings. The number of carboxylic acids is 1. The first-order chi connectivity index (χ1) is 27.3. The number of nitrogens with one attached hydrogen (secondary N) is 4. The third-order valence-corrected chi connectivity index (χ3v) is 12.2. The van der Waals surface area contributed by atoms with Gasteiger partial charge in [0.1, 0.15) is 16.7 Å². The summed E-state index contributed by atoms with van der Waals surface area (Å²) in [5, 5.41) is 22.9. The smallest absolute Gasteiger partial charge is 0.407 e. The molecule has 0 spiro atoms. The van der Waals surface area contributed by atoms with Gasteiger partial charge in [-0.1, -0.05) is 53.2 Å². The molecule has 1 saturated heterocycles. The van der Waals surface area contributed by atoms with Crippen molar-refractivity contribution in [3.8, 4) is 0 Å². The van der Waals surface area contributed by atoms with E-state index in [1.807, 2.05) is 46.6 Å². The van der Waals surface area contributed by atoms with Crippen LogP contribution in [0.2, 0.25) is 0 Å². The maximum Gasteiger partial charge on any atom is 0.407 e. The molecule has 16 nitrogen and oxygen atoms in total. The minimum absolute atomic E-state index is 0.0628. The number of benzene rings is 1. The van der Waals surface area contributed by atoms with Crippen LogP contribution in [0.1, 0.15) is 108 Å². The number of thiazole rings is 1. The van der Waals surface area contributed by atoms with Crippen molar-refractivity contribution in [2.75, 3.05) is 39.0 Å². The van der Waals surface area contributed by atoms with Gasteiger partial charge < -0.3 is 41.7 Å². The van der Waals surface area contributed by atoms with Gasteiger partial charge in [0, 0.05) is 43.2 Å². The molecule has 1 aromatic carbocycles. The lowest BCUT2D eigenvalue weighted by Gasteiger charge is -2.38. The highest BCUT2D eigenvalue weighted by Gasteiger charge is 2.44. The second-order valence-electron chi connectivity index (χ2n) is 15.9. The van der Waals surface area contributed by atoms with E-state index in [4.69, 9.17) is 10.5 Å². The fraction of sp³-hybridized carbons (Fsp3) is 0.634. The number of anilines is 1. The van der Waals surface area contributed by atoms with Gasteiger partial charge in [0.05, 0.1) is 18.0 Å². The van der Waals surface area contributed by atoms with E-state index in [0.29, 0.717) is 36.5 Å². The second kappa shape index (κ2) is 22.0. The van der Waals surface area contributed by atoms with Crippen LogP contribution in [0.15, 0.2) is 29.6 Å². The molecule has 3 rings (SSSR count). The molecule has 322 valence electrons. The van der Waals surface area contributed by atoms with Crippen LogP contribution in [0.4, 0.5) is 10.5 Å². The van der Waals surface area contributed by atoms with E-state index in [1.54, 1.807) is 55.4 Å². The minimum Gasteiger partial charge on any atom is -0.481 e. The summed E-state index contributed by atoms with van der Waals surface area (Å²) in [6.07, 6.45) is 1.23. The zero-order valence-corrected chi connectivity index (χ0v) is 36.2. The third-order valence-electron chi connectivity index (χ3n) is 11.2. The first-order valence-electron chi connectivity index (χ1n) is 20.2. The van der Waals surface area contributed by atoms with Gasteiger partial charge in [-0.3, -0.25) is 28.9 Å². The van der Waals surface area contributed by atoms with E-state index in [0.717, 1.165) is 29.9 Å². The maximum atomic E-state index is 14.3. The Morgan fingerprint density at radius 1 is 1.05 bits per heavy atom. The van der Waals surface area contributed by atoms with E-state index in [2.05, 4.69) is 26.3 Å². The second-order valence-corrected chi connectivity index (χ2v) is 16.8. The fourth-order valence-electron chi connectivity index (χ4n) is 7.10. The minimum atomic E-state index is -1.00. The number of carbonyl (C=O) groups is 6. The van der Waals surface area contributed by atoms with Crippen molar-refractivity contribution in [1.29, 1.82) is 0 Å². The Morgan fingerprint density at radius 2 is 1.72 bits per heavy atom. The highest BCUT2D eigenvalue weighted by atomic mass is 32.1. The van der Waals surface area contributed by atoms with Crippen LogP contribution >= 0.6 is 11.3 Å². The highest BCUT2D eigenvalue weighted by Crippen LogP contribution is 2.32. The summed E-state index contributed by atoms with van der Waals surface area (Å²) in [4.78, 5) is 86.4. The number of carbonyl (C=O) groups excluding carboxylic acids is 5. The molecule has 1 aromatic heterocycles. The predicted molar refractivity (Wildman–Crippen MR) is 223 cm³/mol. The number of likely N-dealkylation sites (N-methyl/N-ethyl adjacent to an activating group) is 2. The van der Waals surface area contributed by atoms with Crippen molar-refractivity contribution in [2.45, 2.75) is 117 Å². The molecule has 0 aliphatic carbocycles. The number of nitrogens with two attached hydrogens (primary N) is 1. The van der Waals surface area contributed by atoms with Gasteiger partial charge in [-0.05, 0) is 82.7 Å². The average Bonchev–Trinajstić information content (AvgIpc) is 3.82. The number of carboxylic acid groups (broad SMARTS) is 1. The van der Waals surface area contributed by atoms with Crippen LogP contribution in [0.5, 0.6) is 0 Å². The number of aliphatic carboxylic acids is 1. The normalized spacial score (nSPS) is 18.6. The summed E-state index contributed by atoms with van der Waals surface area (Å²) in [7, 11) is 3.62. The first-order valence-corrected chi connectivity index (χ1v) is 21.0. The van der Waals surface area contributed by atoms with Gasteiger partial charge in [0.25, 0.3) is 5.91 Å². The molecule has 2 aromatic rings. The zero-order chi connectivity index (χ0) is 43.3. The van der Waals surface area contributed by atoms with Gasteiger partial charge in [0.2, 0.25) is 17.7 Å². The largest absolute Gasteiger partial charge is 0.481 e. The van der Waals surface area contributed by atoms with Gasteiger partial charge in [-0.15, -0.1) is 11.3 Å². The summed E-state index contributed by atoms with van der Waals surface area (Å²) in [5.41, 5.74) is 6.09. The number of hydrogen-bond acceptors (Lipinski definition) is 11. The predicted octanol–water partition coefficient (Wildman–Crippen LogP) is 4.17. The van der Waals surface area contributed by atoms with Crippen molar-refractivity contribution in [3.05, 3.63) is 45.9 Å². The fourth-order valence-corrected chi connectivity index (χ4v) is 7.94. The molecule has 5 amide bonds. The number of aromatic nitrogens is 1. The number of ether oxygens (including phenoxy) is 1. The molecular weight excluding hydrogens is 765 g/mol. The van der Waals surface area contributed by atoms with Crippen LogP contribution in [0, 0.1) is 17.8 Å². The molecule has 1 aliphatic heterocycles. The van der Waals surface area contributed by atoms with Crippen molar-refractivity contribution in [1.82, 2.24) is 30.7 Å². The van der Waals surface area contributed by atoms with E-state index in [9.17, 15) is 33.9 Å². The van der Waals surface area contributed by atoms with Crippen LogP contribution in [0.3, 0.4) is 0 Å². The van der Waals surface area contributed by atoms with E-state index >= 15 is 0 Å². The summed E-state index contributed by atoms with van der Waals surface area (Å²) in [6.45, 7) is 14.0. The van der Waals surface area contributed by atoms with Gasteiger partial charge in [0.15, 0.2) is 6.10 Å². The molecule has 1 aliphatic rings. The van der Waals surface area contributed by atoms with Crippen LogP contribution in [0.25, 0.3) is 0 Å². The molecule has 7 atom stereocenters. The molecule has 0 bridgehead atoms. The van der Waals surface area contributed by atoms with Crippen molar-refractivity contribution >= 4 is 52.7 Å². The Hall–Kier alpha value is -4.61. The van der Waals surface area contributed by atoms with Gasteiger partial charge in [-0.25, -0.2) is 9.78 Å². The summed E-state index contributed by atoms with van der Waals surface area (Å²) in [6, 6.07) is 5.14. The molecule has 0 radical (unpaired) electrons. The standard InChI is InChI=1S/C41H64N8O8S/c1-10-25(5)34(47-39(55)41(7)17-12-18-48(41)8)37(52)49(9)31(24(3)4)21-32(57-40(56)43-11-2)36-46-30(23-58-36)35(51)45-29(19-26(6)38(53)54)20-27-13-15-28(16-14-27)44-33(50)22-42/h13-16,23-26,29,31-32,34H,10-12,17-22,42H2,1-9H3,(H,43,56)(H,44,50)(H,45,51)(H,47,55)(H,53,54)/t25-,26-,29+,31+,32+,34-,41+/m0/s1. The molecule has 17 heteroatoms. The quantitative estimate of drug-likeness (QED) is 0.105. The average molecular weight is 829 g/mol. The Bertz CT molecular complexity index is 1720. The summed E-state index contributed by atoms with van der Waals surface area (Å²) < 4.78 is 5.90. The monoisotopic (exact) mass is 828 g/mol. The zero-order valence-electron chi connectivity index (χ0n) is 35.4. The number of alkyl carbamates (subject to hydrolysis) is 1. The summed E-state index contributed by atoms with van der Waals surface area (Å²) in [5.74, 6) is -3.33. The number of nitrogens with zero attached hydrogens (tertiary/aromatic N) is 3. The lowest BCUT2D eigenvalue weighted by atomic mass is 9.91. The van der Waals surface area contributed by atoms with E-state index < -0.39 is 53.7 Å². The van der Waals surface area contributed by atoms with Crippen LogP contribution in [-0.2, 0) is 30.3 Å². The first kappa shape index (κ1) is 47.8. The van der Waals surface area contributed by atoms with Gasteiger partial charge >= 0.3 is 12.1 Å². The molecular formula is C41H64N8O8S. The highest BCUT2D eigenvalue weighted by molar-refractivity contribution is 7.09. The van der Waals surface area contributed by atoms with Crippen molar-refractivity contribution in [2.24, 2.45) is 23.5 Å². The molecule has 7 N–H and O–H groups in total. The number of rotatable bonds is 21. The lowest BCUT2D eigenvalue weighted by Crippen LogP contribution is -2.60. The number of likely N-dealkylation sites (tertiary alicyclic amines) is 1. The van der Waals surface area contributed by atoms with Crippen molar-refractivity contribution < 1.29 is 38.6 Å². The molecule has 0 saturated carbocycles. The number of amides is 5. The Balaban J connectivity index is 1.87. The Kier molecular flexibility index (Phi) is 18.1. The van der Waals surface area contributed by atoms with Crippen LogP contribution < -0.4 is 27.0 Å². The maximum absolute atomic E-state index is 14.3. The molecule has 0 unspecified atom stereocenters. The topological polar surface area (TPSA) is 225 Å². The summed E-state index contributed by atoms with van der Waals surface area (Å²) >= 11 is 1.14. The van der Waals surface area contributed by atoms with E-state index in [1.165, 1.54) is 0 Å². The SMILES string of the molecule is CCNC(=O)O[C@H](C[C@H](C(C)C)N(C)C(=O)[C@@H](NC(=O)[C@@]1(C)CCCN1C)[C@@H](C)CC)c1nc(C(=O)N[C@@H](Cc2ccc(NC(=O)CN)cc2)C[C@H](C)C(=O)O)cs1. The van der Waals surface area contributed by atoms with Gasteiger partial charge in [-0.2, -0.15) is 0 Å². The van der Waals surface area contributed by atoms with Crippen LogP contribution in [-0.4, -0.2) is 113 Å². The van der Waals surface area contributed by atoms with Crippen molar-refractivity contribution in [3.63, 3.8) is 0 Å². The molecule has 2 heterocycles. The van der Waals surface area contributed by atoms with E-state index in [-0.39, 0.29) is 54.6 Å². The number of hydrogen-bond donors (Lipinski definition) is 6. The lowest BCUT2D eigenvalue weighted by molar-refractivity contribution is -0.142.